The van der Waals surface area contributed by atoms with Crippen LogP contribution >= 0.6 is 0 Å². The second kappa shape index (κ2) is 5.26. The number of aromatic nitrogens is 2. The Hall–Kier alpha value is -2.69. The van der Waals surface area contributed by atoms with E-state index in [1.807, 2.05) is 36.7 Å². The molecule has 0 N–H and O–H groups in total. The fraction of sp³-hybridized carbons (Fsp3) is 0.235. The van der Waals surface area contributed by atoms with Gasteiger partial charge in [-0.3, -0.25) is 0 Å². The van der Waals surface area contributed by atoms with E-state index >= 15 is 0 Å². The van der Waals surface area contributed by atoms with Gasteiger partial charge in [-0.05, 0) is 36.2 Å². The summed E-state index contributed by atoms with van der Waals surface area (Å²) in [6, 6.07) is 12.0. The quantitative estimate of drug-likeness (QED) is 0.742. The van der Waals surface area contributed by atoms with Crippen LogP contribution in [0.25, 0.3) is 11.0 Å². The van der Waals surface area contributed by atoms with E-state index in [2.05, 4.69) is 15.6 Å². The predicted molar refractivity (Wildman–Crippen MR) is 82.6 cm³/mol. The maximum Gasteiger partial charge on any atom is 0.231 e. The van der Waals surface area contributed by atoms with Gasteiger partial charge in [0.05, 0.1) is 24.5 Å². The van der Waals surface area contributed by atoms with Gasteiger partial charge in [0.25, 0.3) is 0 Å². The zero-order valence-electron chi connectivity index (χ0n) is 12.3. The van der Waals surface area contributed by atoms with Crippen molar-refractivity contribution in [3.63, 3.8) is 0 Å². The first-order chi connectivity index (χ1) is 10.8. The Labute approximate surface area is 128 Å². The van der Waals surface area contributed by atoms with E-state index in [-0.39, 0.29) is 0 Å². The lowest BCUT2D eigenvalue weighted by Gasteiger charge is -2.06. The third-order valence-electron chi connectivity index (χ3n) is 3.91. The molecule has 112 valence electrons. The van der Waals surface area contributed by atoms with Gasteiger partial charge in [-0.25, -0.2) is 4.98 Å². The molecule has 0 saturated heterocycles. The van der Waals surface area contributed by atoms with Crippen molar-refractivity contribution in [2.45, 2.75) is 13.0 Å². The topological polar surface area (TPSA) is 45.5 Å². The van der Waals surface area contributed by atoms with E-state index in [0.717, 1.165) is 41.2 Å². The van der Waals surface area contributed by atoms with E-state index in [9.17, 15) is 0 Å². The SMILES string of the molecule is COc1ccc2ncn(CCc3ccc4c(c3)OCO4)c2c1. The van der Waals surface area contributed by atoms with Crippen molar-refractivity contribution in [1.82, 2.24) is 9.55 Å². The standard InChI is InChI=1S/C17H16N2O3/c1-20-13-3-4-14-15(9-13)19(10-18-14)7-6-12-2-5-16-17(8-12)22-11-21-16/h2-5,8-10H,6-7,11H2,1H3. The molecule has 5 heteroatoms. The van der Waals surface area contributed by atoms with Crippen molar-refractivity contribution < 1.29 is 14.2 Å². The highest BCUT2D eigenvalue weighted by atomic mass is 16.7. The van der Waals surface area contributed by atoms with E-state index in [4.69, 9.17) is 14.2 Å². The Morgan fingerprint density at radius 3 is 2.95 bits per heavy atom. The van der Waals surface area contributed by atoms with E-state index in [1.165, 1.54) is 5.56 Å². The normalized spacial score (nSPS) is 12.8. The van der Waals surface area contributed by atoms with Crippen molar-refractivity contribution in [3.05, 3.63) is 48.3 Å². The van der Waals surface area contributed by atoms with Crippen LogP contribution in [0.15, 0.2) is 42.7 Å². The second-order valence-electron chi connectivity index (χ2n) is 5.23. The number of aryl methyl sites for hydroxylation is 2. The van der Waals surface area contributed by atoms with Crippen molar-refractivity contribution >= 4 is 11.0 Å². The molecule has 0 bridgehead atoms. The summed E-state index contributed by atoms with van der Waals surface area (Å²) in [5.74, 6) is 2.49. The van der Waals surface area contributed by atoms with Gasteiger partial charge in [-0.1, -0.05) is 6.07 Å². The third kappa shape index (κ3) is 2.24. The smallest absolute Gasteiger partial charge is 0.231 e. The minimum atomic E-state index is 0.310. The molecule has 0 saturated carbocycles. The molecule has 3 aromatic rings. The maximum absolute atomic E-state index is 5.42. The third-order valence-corrected chi connectivity index (χ3v) is 3.91. The highest BCUT2D eigenvalue weighted by Gasteiger charge is 2.13. The van der Waals surface area contributed by atoms with Gasteiger partial charge >= 0.3 is 0 Å². The predicted octanol–water partition coefficient (Wildman–Crippen LogP) is 3.02. The molecular weight excluding hydrogens is 280 g/mol. The lowest BCUT2D eigenvalue weighted by atomic mass is 10.1. The highest BCUT2D eigenvalue weighted by molar-refractivity contribution is 5.77. The minimum Gasteiger partial charge on any atom is -0.497 e. The average Bonchev–Trinajstić information content (AvgIpc) is 3.18. The number of nitrogens with zero attached hydrogens (tertiary/aromatic N) is 2. The van der Waals surface area contributed by atoms with Gasteiger partial charge in [0.2, 0.25) is 6.79 Å². The molecule has 0 fully saturated rings. The molecule has 2 heterocycles. The summed E-state index contributed by atoms with van der Waals surface area (Å²) in [6.07, 6.45) is 2.77. The highest BCUT2D eigenvalue weighted by Crippen LogP contribution is 2.32. The van der Waals surface area contributed by atoms with Crippen LogP contribution in [0.1, 0.15) is 5.56 Å². The summed E-state index contributed by atoms with van der Waals surface area (Å²) in [4.78, 5) is 4.43. The van der Waals surface area contributed by atoms with Crippen molar-refractivity contribution in [2.75, 3.05) is 13.9 Å². The molecule has 0 atom stereocenters. The Morgan fingerprint density at radius 1 is 1.14 bits per heavy atom. The summed E-state index contributed by atoms with van der Waals surface area (Å²) >= 11 is 0. The minimum absolute atomic E-state index is 0.310. The average molecular weight is 296 g/mol. The fourth-order valence-corrected chi connectivity index (χ4v) is 2.69. The summed E-state index contributed by atoms with van der Waals surface area (Å²) in [5.41, 5.74) is 3.28. The van der Waals surface area contributed by atoms with E-state index in [1.54, 1.807) is 7.11 Å². The summed E-state index contributed by atoms with van der Waals surface area (Å²) in [6.45, 7) is 1.16. The number of benzene rings is 2. The first-order valence-corrected chi connectivity index (χ1v) is 7.21. The number of ether oxygens (including phenoxy) is 3. The Morgan fingerprint density at radius 2 is 2.05 bits per heavy atom. The number of methoxy groups -OCH3 is 1. The van der Waals surface area contributed by atoms with Crippen LogP contribution in [0.5, 0.6) is 17.2 Å². The molecule has 0 amide bonds. The van der Waals surface area contributed by atoms with Crippen molar-refractivity contribution in [1.29, 1.82) is 0 Å². The van der Waals surface area contributed by atoms with Gasteiger partial charge in [0.15, 0.2) is 11.5 Å². The number of imidazole rings is 1. The molecule has 1 aromatic heterocycles. The molecule has 5 nitrogen and oxygen atoms in total. The van der Waals surface area contributed by atoms with Crippen LogP contribution in [0.3, 0.4) is 0 Å². The zero-order valence-corrected chi connectivity index (χ0v) is 12.3. The Bertz CT molecular complexity index is 826. The van der Waals surface area contributed by atoms with Gasteiger partial charge in [-0.2, -0.15) is 0 Å². The van der Waals surface area contributed by atoms with Crippen LogP contribution in [0.4, 0.5) is 0 Å². The lowest BCUT2D eigenvalue weighted by molar-refractivity contribution is 0.174. The molecule has 1 aliphatic rings. The van der Waals surface area contributed by atoms with Gasteiger partial charge in [0.1, 0.15) is 5.75 Å². The number of hydrogen-bond acceptors (Lipinski definition) is 4. The van der Waals surface area contributed by atoms with Gasteiger partial charge < -0.3 is 18.8 Å². The number of fused-ring (bicyclic) bond motifs is 2. The molecule has 0 unspecified atom stereocenters. The molecule has 0 radical (unpaired) electrons. The van der Waals surface area contributed by atoms with Crippen LogP contribution in [0, 0.1) is 0 Å². The van der Waals surface area contributed by atoms with Crippen LogP contribution < -0.4 is 14.2 Å². The van der Waals surface area contributed by atoms with Crippen molar-refractivity contribution in [2.24, 2.45) is 0 Å². The molecule has 2 aromatic carbocycles. The van der Waals surface area contributed by atoms with E-state index < -0.39 is 0 Å². The molecule has 22 heavy (non-hydrogen) atoms. The number of hydrogen-bond donors (Lipinski definition) is 0. The summed E-state index contributed by atoms with van der Waals surface area (Å²) in [5, 5.41) is 0. The van der Waals surface area contributed by atoms with Crippen LogP contribution in [-0.2, 0) is 13.0 Å². The molecule has 1 aliphatic heterocycles. The lowest BCUT2D eigenvalue weighted by Crippen LogP contribution is -2.00. The van der Waals surface area contributed by atoms with Crippen molar-refractivity contribution in [3.8, 4) is 17.2 Å². The largest absolute Gasteiger partial charge is 0.497 e. The Kier molecular flexibility index (Phi) is 3.11. The number of rotatable bonds is 4. The molecular formula is C17H16N2O3. The van der Waals surface area contributed by atoms with Gasteiger partial charge in [0, 0.05) is 12.6 Å². The zero-order chi connectivity index (χ0) is 14.9. The molecule has 0 aliphatic carbocycles. The van der Waals surface area contributed by atoms with Gasteiger partial charge in [-0.15, -0.1) is 0 Å². The monoisotopic (exact) mass is 296 g/mol. The fourth-order valence-electron chi connectivity index (χ4n) is 2.69. The van der Waals surface area contributed by atoms with E-state index in [0.29, 0.717) is 6.79 Å². The summed E-state index contributed by atoms with van der Waals surface area (Å²) < 4.78 is 18.2. The molecule has 4 rings (SSSR count). The maximum atomic E-state index is 5.42. The first kappa shape index (κ1) is 13.0. The second-order valence-corrected chi connectivity index (χ2v) is 5.23. The summed E-state index contributed by atoms with van der Waals surface area (Å²) in [7, 11) is 1.68. The first-order valence-electron chi connectivity index (χ1n) is 7.21. The van der Waals surface area contributed by atoms with Crippen LogP contribution in [0.2, 0.25) is 0 Å². The van der Waals surface area contributed by atoms with Crippen LogP contribution in [-0.4, -0.2) is 23.5 Å². The Balaban J connectivity index is 1.56. The molecule has 0 spiro atoms.